The maximum Gasteiger partial charge on any atom is 0.326 e. The van der Waals surface area contributed by atoms with Gasteiger partial charge >= 0.3 is 5.97 Å². The Morgan fingerprint density at radius 1 is 1.60 bits per heavy atom. The Morgan fingerprint density at radius 2 is 2.20 bits per heavy atom. The minimum Gasteiger partial charge on any atom is -0.468 e. The number of hydrogen-bond acceptors (Lipinski definition) is 6. The molecular weight excluding hydrogens is 214 g/mol. The van der Waals surface area contributed by atoms with Crippen LogP contribution in [0.1, 0.15) is 6.92 Å². The lowest BCUT2D eigenvalue weighted by Crippen LogP contribution is -2.48. The quantitative estimate of drug-likeness (QED) is 0.457. The molecule has 0 spiro atoms. The first-order valence-electron chi connectivity index (χ1n) is 4.33. The zero-order chi connectivity index (χ0) is 11.3. The number of carbonyl (C=O) groups excluding carboxylic acids is 1. The Kier molecular flexibility index (Phi) is 4.05. The van der Waals surface area contributed by atoms with E-state index in [9.17, 15) is 4.79 Å². The van der Waals surface area contributed by atoms with E-state index in [2.05, 4.69) is 14.7 Å². The van der Waals surface area contributed by atoms with Crippen molar-refractivity contribution < 1.29 is 9.53 Å². The van der Waals surface area contributed by atoms with Crippen LogP contribution in [0, 0.1) is 0 Å². The van der Waals surface area contributed by atoms with Gasteiger partial charge in [-0.2, -0.15) is 0 Å². The van der Waals surface area contributed by atoms with E-state index in [0.29, 0.717) is 10.9 Å². The molecule has 1 atom stereocenters. The van der Waals surface area contributed by atoms with E-state index in [0.717, 1.165) is 0 Å². The minimum atomic E-state index is -1.02. The number of ether oxygens (including phenoxy) is 1. The molecule has 6 heteroatoms. The normalized spacial score (nSPS) is 14.3. The molecule has 0 radical (unpaired) electrons. The van der Waals surface area contributed by atoms with Gasteiger partial charge in [-0.3, -0.25) is 4.79 Å². The predicted molar refractivity (Wildman–Crippen MR) is 57.4 cm³/mol. The molecule has 0 aliphatic rings. The van der Waals surface area contributed by atoms with Crippen LogP contribution in [-0.2, 0) is 9.53 Å². The molecule has 0 fully saturated rings. The molecule has 15 heavy (non-hydrogen) atoms. The first kappa shape index (κ1) is 11.9. The van der Waals surface area contributed by atoms with Crippen LogP contribution in [-0.4, -0.2) is 34.3 Å². The Morgan fingerprint density at radius 3 is 2.73 bits per heavy atom. The summed E-state index contributed by atoms with van der Waals surface area (Å²) >= 11 is 1.32. The molecule has 82 valence electrons. The first-order chi connectivity index (χ1) is 7.06. The third-order valence-electron chi connectivity index (χ3n) is 1.69. The van der Waals surface area contributed by atoms with Crippen LogP contribution in [0.4, 0.5) is 0 Å². The molecule has 0 aromatic carbocycles. The highest BCUT2D eigenvalue weighted by atomic mass is 32.2. The van der Waals surface area contributed by atoms with Gasteiger partial charge in [0.1, 0.15) is 5.54 Å². The molecule has 0 saturated heterocycles. The molecule has 1 unspecified atom stereocenters. The summed E-state index contributed by atoms with van der Waals surface area (Å²) in [6.07, 6.45) is 3.28. The summed E-state index contributed by atoms with van der Waals surface area (Å²) in [5, 5.41) is 0.595. The summed E-state index contributed by atoms with van der Waals surface area (Å²) in [4.78, 5) is 19.3. The van der Waals surface area contributed by atoms with E-state index in [1.165, 1.54) is 18.9 Å². The molecule has 1 aromatic rings. The van der Waals surface area contributed by atoms with Gasteiger partial charge in [0.05, 0.1) is 7.11 Å². The van der Waals surface area contributed by atoms with E-state index >= 15 is 0 Å². The molecule has 1 aromatic heterocycles. The number of hydrogen-bond donors (Lipinski definition) is 1. The lowest BCUT2D eigenvalue weighted by atomic mass is 10.1. The van der Waals surface area contributed by atoms with Crippen molar-refractivity contribution in [3.63, 3.8) is 0 Å². The van der Waals surface area contributed by atoms with Crippen molar-refractivity contribution in [1.29, 1.82) is 0 Å². The highest BCUT2D eigenvalue weighted by Gasteiger charge is 2.29. The van der Waals surface area contributed by atoms with Gasteiger partial charge in [-0.15, -0.1) is 0 Å². The summed E-state index contributed by atoms with van der Waals surface area (Å²) in [6.45, 7) is 1.62. The highest BCUT2D eigenvalue weighted by molar-refractivity contribution is 7.99. The van der Waals surface area contributed by atoms with Crippen LogP contribution >= 0.6 is 11.8 Å². The zero-order valence-electron chi connectivity index (χ0n) is 8.64. The van der Waals surface area contributed by atoms with E-state index < -0.39 is 11.5 Å². The zero-order valence-corrected chi connectivity index (χ0v) is 9.45. The summed E-state index contributed by atoms with van der Waals surface area (Å²) in [7, 11) is 1.32. The van der Waals surface area contributed by atoms with E-state index in [1.54, 1.807) is 25.4 Å². The Hall–Kier alpha value is -1.14. The molecule has 0 amide bonds. The van der Waals surface area contributed by atoms with Crippen molar-refractivity contribution in [2.24, 2.45) is 5.73 Å². The van der Waals surface area contributed by atoms with Crippen LogP contribution in [0.15, 0.2) is 23.6 Å². The number of thioether (sulfide) groups is 1. The average Bonchev–Trinajstić information content (AvgIpc) is 2.27. The summed E-state index contributed by atoms with van der Waals surface area (Å²) in [5.41, 5.74) is 4.75. The largest absolute Gasteiger partial charge is 0.468 e. The molecule has 1 rings (SSSR count). The molecule has 0 bridgehead atoms. The Labute approximate surface area is 92.4 Å². The second-order valence-corrected chi connectivity index (χ2v) is 4.17. The molecule has 0 aliphatic heterocycles. The van der Waals surface area contributed by atoms with Crippen LogP contribution in [0.5, 0.6) is 0 Å². The second kappa shape index (κ2) is 5.09. The van der Waals surface area contributed by atoms with Crippen LogP contribution < -0.4 is 5.73 Å². The van der Waals surface area contributed by atoms with Crippen molar-refractivity contribution >= 4 is 17.7 Å². The van der Waals surface area contributed by atoms with E-state index in [-0.39, 0.29) is 0 Å². The average molecular weight is 227 g/mol. The number of aromatic nitrogens is 2. The first-order valence-corrected chi connectivity index (χ1v) is 5.32. The van der Waals surface area contributed by atoms with Gasteiger partial charge in [0.15, 0.2) is 5.16 Å². The van der Waals surface area contributed by atoms with E-state index in [1.807, 2.05) is 0 Å². The topological polar surface area (TPSA) is 78.1 Å². The van der Waals surface area contributed by atoms with Gasteiger partial charge in [0, 0.05) is 18.1 Å². The molecule has 2 N–H and O–H groups in total. The van der Waals surface area contributed by atoms with Crippen molar-refractivity contribution in [1.82, 2.24) is 9.97 Å². The van der Waals surface area contributed by atoms with Gasteiger partial charge in [0.25, 0.3) is 0 Å². The van der Waals surface area contributed by atoms with Crippen molar-refractivity contribution in [2.75, 3.05) is 12.9 Å². The van der Waals surface area contributed by atoms with E-state index in [4.69, 9.17) is 5.73 Å². The molecule has 0 saturated carbocycles. The smallest absolute Gasteiger partial charge is 0.326 e. The fourth-order valence-electron chi connectivity index (χ4n) is 0.867. The number of methoxy groups -OCH3 is 1. The number of carbonyl (C=O) groups is 1. The Balaban J connectivity index is 2.53. The molecule has 5 nitrogen and oxygen atoms in total. The van der Waals surface area contributed by atoms with Gasteiger partial charge < -0.3 is 10.5 Å². The maximum absolute atomic E-state index is 11.3. The highest BCUT2D eigenvalue weighted by Crippen LogP contribution is 2.17. The Bertz CT molecular complexity index is 329. The van der Waals surface area contributed by atoms with Gasteiger partial charge in [-0.1, -0.05) is 11.8 Å². The number of nitrogens with zero attached hydrogens (tertiary/aromatic N) is 2. The maximum atomic E-state index is 11.3. The molecule has 0 aliphatic carbocycles. The van der Waals surface area contributed by atoms with Crippen LogP contribution in [0.3, 0.4) is 0 Å². The molecular formula is C9H13N3O2S. The second-order valence-electron chi connectivity index (χ2n) is 3.23. The number of rotatable bonds is 4. The summed E-state index contributed by atoms with van der Waals surface area (Å²) in [5.74, 6) is -0.0603. The SMILES string of the molecule is COC(=O)C(C)(N)CSc1ncccn1. The summed E-state index contributed by atoms with van der Waals surface area (Å²) in [6, 6.07) is 1.73. The van der Waals surface area contributed by atoms with Crippen LogP contribution in [0.25, 0.3) is 0 Å². The number of nitrogens with two attached hydrogens (primary N) is 1. The lowest BCUT2D eigenvalue weighted by Gasteiger charge is -2.19. The fraction of sp³-hybridized carbons (Fsp3) is 0.444. The summed E-state index contributed by atoms with van der Waals surface area (Å²) < 4.78 is 4.59. The van der Waals surface area contributed by atoms with Crippen molar-refractivity contribution in [2.45, 2.75) is 17.6 Å². The molecule has 1 heterocycles. The fourth-order valence-corrected chi connectivity index (χ4v) is 1.68. The van der Waals surface area contributed by atoms with Gasteiger partial charge in [-0.05, 0) is 13.0 Å². The van der Waals surface area contributed by atoms with Crippen molar-refractivity contribution in [3.05, 3.63) is 18.5 Å². The van der Waals surface area contributed by atoms with Gasteiger partial charge in [0.2, 0.25) is 0 Å². The predicted octanol–water partition coefficient (Wildman–Crippen LogP) is 0.459. The third-order valence-corrected chi connectivity index (χ3v) is 2.91. The third kappa shape index (κ3) is 3.49. The number of esters is 1. The lowest BCUT2D eigenvalue weighted by molar-refractivity contribution is -0.145. The minimum absolute atomic E-state index is 0.379. The van der Waals surface area contributed by atoms with Crippen LogP contribution in [0.2, 0.25) is 0 Å². The standard InChI is InChI=1S/C9H13N3O2S/c1-9(10,7(13)14-2)6-15-8-11-4-3-5-12-8/h3-5H,6,10H2,1-2H3. The van der Waals surface area contributed by atoms with Gasteiger partial charge in [-0.25, -0.2) is 9.97 Å². The monoisotopic (exact) mass is 227 g/mol. The van der Waals surface area contributed by atoms with Crippen molar-refractivity contribution in [3.8, 4) is 0 Å².